The molecule has 62 valence electrons. The lowest BCUT2D eigenvalue weighted by atomic mass is 10.5. The van der Waals surface area contributed by atoms with Crippen molar-refractivity contribution in [2.24, 2.45) is 0 Å². The molecule has 0 aromatic heterocycles. The maximum absolute atomic E-state index is 10.6. The summed E-state index contributed by atoms with van der Waals surface area (Å²) in [5.74, 6) is -2.20. The number of carbonyl (C=O) groups excluding carboxylic acids is 1. The lowest BCUT2D eigenvalue weighted by Gasteiger charge is -2.00. The molecule has 0 radical (unpaired) electrons. The van der Waals surface area contributed by atoms with Crippen molar-refractivity contribution in [3.63, 3.8) is 0 Å². The minimum atomic E-state index is -1.34. The van der Waals surface area contributed by atoms with Crippen molar-refractivity contribution in [2.75, 3.05) is 5.75 Å². The van der Waals surface area contributed by atoms with Crippen LogP contribution in [-0.4, -0.2) is 22.8 Å². The third kappa shape index (κ3) is 4.44. The standard InChI is InChI=1S/C6H8O4S/c1-4(6(8)9)10-5(7)2-3-11/h11H,1-3H2,(H,8,9). The van der Waals surface area contributed by atoms with E-state index in [2.05, 4.69) is 23.9 Å². The fourth-order valence-electron chi connectivity index (χ4n) is 0.323. The minimum absolute atomic E-state index is 0.0788. The molecule has 11 heavy (non-hydrogen) atoms. The van der Waals surface area contributed by atoms with Gasteiger partial charge in [0.2, 0.25) is 5.76 Å². The number of ether oxygens (including phenoxy) is 1. The molecule has 0 rings (SSSR count). The van der Waals surface area contributed by atoms with E-state index in [1.54, 1.807) is 0 Å². The molecule has 0 fully saturated rings. The third-order valence-electron chi connectivity index (χ3n) is 0.791. The second-order valence-electron chi connectivity index (χ2n) is 1.68. The molecule has 0 aliphatic heterocycles. The van der Waals surface area contributed by atoms with Crippen molar-refractivity contribution in [3.05, 3.63) is 12.3 Å². The normalized spacial score (nSPS) is 8.82. The third-order valence-corrected chi connectivity index (χ3v) is 1.02. The average Bonchev–Trinajstić information content (AvgIpc) is 1.87. The first-order valence-corrected chi connectivity index (χ1v) is 3.45. The lowest BCUT2D eigenvalue weighted by molar-refractivity contribution is -0.147. The van der Waals surface area contributed by atoms with Gasteiger partial charge in [-0.2, -0.15) is 12.6 Å². The van der Waals surface area contributed by atoms with Crippen LogP contribution in [0.3, 0.4) is 0 Å². The van der Waals surface area contributed by atoms with Gasteiger partial charge in [0.05, 0.1) is 6.42 Å². The van der Waals surface area contributed by atoms with Gasteiger partial charge in [-0.3, -0.25) is 4.79 Å². The molecule has 0 aliphatic carbocycles. The molecule has 0 aliphatic rings. The highest BCUT2D eigenvalue weighted by molar-refractivity contribution is 7.80. The summed E-state index contributed by atoms with van der Waals surface area (Å²) < 4.78 is 4.27. The highest BCUT2D eigenvalue weighted by Gasteiger charge is 2.09. The molecule has 0 amide bonds. The van der Waals surface area contributed by atoms with Crippen molar-refractivity contribution in [1.29, 1.82) is 0 Å². The fourth-order valence-corrected chi connectivity index (χ4v) is 0.506. The Kier molecular flexibility index (Phi) is 4.36. The number of hydrogen-bond acceptors (Lipinski definition) is 4. The van der Waals surface area contributed by atoms with Crippen LogP contribution in [0.15, 0.2) is 12.3 Å². The summed E-state index contributed by atoms with van der Waals surface area (Å²) in [5, 5.41) is 8.20. The summed E-state index contributed by atoms with van der Waals surface area (Å²) in [6.07, 6.45) is 0.0788. The predicted molar refractivity (Wildman–Crippen MR) is 41.3 cm³/mol. The number of hydrogen-bond donors (Lipinski definition) is 2. The highest BCUT2D eigenvalue weighted by Crippen LogP contribution is 1.97. The second kappa shape index (κ2) is 4.79. The summed E-state index contributed by atoms with van der Waals surface area (Å²) in [5.41, 5.74) is 0. The summed E-state index contributed by atoms with van der Waals surface area (Å²) in [6.45, 7) is 3.01. The van der Waals surface area contributed by atoms with E-state index in [-0.39, 0.29) is 6.42 Å². The Morgan fingerprint density at radius 3 is 2.45 bits per heavy atom. The van der Waals surface area contributed by atoms with Crippen molar-refractivity contribution < 1.29 is 19.4 Å². The molecule has 0 atom stereocenters. The smallest absolute Gasteiger partial charge is 0.371 e. The van der Waals surface area contributed by atoms with Gasteiger partial charge in [0, 0.05) is 5.75 Å². The molecule has 0 aromatic rings. The zero-order chi connectivity index (χ0) is 8.85. The van der Waals surface area contributed by atoms with Gasteiger partial charge in [-0.05, 0) is 6.58 Å². The molecule has 0 spiro atoms. The summed E-state index contributed by atoms with van der Waals surface area (Å²) >= 11 is 3.76. The first-order chi connectivity index (χ1) is 5.07. The van der Waals surface area contributed by atoms with Crippen LogP contribution in [0.2, 0.25) is 0 Å². The SMILES string of the molecule is C=C(OC(=O)CCS)C(=O)O. The van der Waals surface area contributed by atoms with Gasteiger partial charge >= 0.3 is 11.9 Å². The quantitative estimate of drug-likeness (QED) is 0.282. The number of thiol groups is 1. The van der Waals surface area contributed by atoms with E-state index in [0.717, 1.165) is 0 Å². The zero-order valence-electron chi connectivity index (χ0n) is 5.74. The van der Waals surface area contributed by atoms with E-state index in [9.17, 15) is 9.59 Å². The van der Waals surface area contributed by atoms with E-state index in [1.165, 1.54) is 0 Å². The highest BCUT2D eigenvalue weighted by atomic mass is 32.1. The molecule has 0 saturated heterocycles. The number of carboxylic acids is 1. The van der Waals surface area contributed by atoms with Gasteiger partial charge < -0.3 is 9.84 Å². The summed E-state index contributed by atoms with van der Waals surface area (Å²) in [7, 11) is 0. The van der Waals surface area contributed by atoms with Crippen LogP contribution in [0.4, 0.5) is 0 Å². The van der Waals surface area contributed by atoms with Gasteiger partial charge in [0.25, 0.3) is 0 Å². The Morgan fingerprint density at radius 2 is 2.09 bits per heavy atom. The summed E-state index contributed by atoms with van der Waals surface area (Å²) in [4.78, 5) is 20.6. The minimum Gasteiger partial charge on any atom is -0.475 e. The Labute approximate surface area is 69.3 Å². The van der Waals surface area contributed by atoms with Gasteiger partial charge in [0.1, 0.15) is 0 Å². The number of esters is 1. The number of aliphatic carboxylic acids is 1. The van der Waals surface area contributed by atoms with Gasteiger partial charge in [-0.15, -0.1) is 0 Å². The van der Waals surface area contributed by atoms with Gasteiger partial charge in [-0.1, -0.05) is 0 Å². The Morgan fingerprint density at radius 1 is 1.55 bits per heavy atom. The first kappa shape index (κ1) is 10.0. The summed E-state index contributed by atoms with van der Waals surface area (Å²) in [6, 6.07) is 0. The lowest BCUT2D eigenvalue weighted by Crippen LogP contribution is -2.10. The largest absolute Gasteiger partial charge is 0.475 e. The first-order valence-electron chi connectivity index (χ1n) is 2.81. The molecule has 0 unspecified atom stereocenters. The Balaban J connectivity index is 3.76. The molecule has 0 heterocycles. The topological polar surface area (TPSA) is 63.6 Å². The van der Waals surface area contributed by atoms with Crippen LogP contribution in [0.1, 0.15) is 6.42 Å². The van der Waals surface area contributed by atoms with Crippen LogP contribution < -0.4 is 0 Å². The monoisotopic (exact) mass is 176 g/mol. The predicted octanol–water partition coefficient (Wildman–Crippen LogP) is 0.448. The van der Waals surface area contributed by atoms with Crippen LogP contribution in [0.25, 0.3) is 0 Å². The van der Waals surface area contributed by atoms with Crippen LogP contribution in [-0.2, 0) is 14.3 Å². The number of carboxylic acid groups (broad SMARTS) is 1. The number of rotatable bonds is 4. The van der Waals surface area contributed by atoms with E-state index < -0.39 is 17.7 Å². The van der Waals surface area contributed by atoms with Crippen molar-refractivity contribution >= 4 is 24.6 Å². The molecule has 1 N–H and O–H groups in total. The zero-order valence-corrected chi connectivity index (χ0v) is 6.63. The maximum Gasteiger partial charge on any atom is 0.371 e. The molecule has 0 saturated carbocycles. The van der Waals surface area contributed by atoms with Crippen molar-refractivity contribution in [3.8, 4) is 0 Å². The molecule has 0 bridgehead atoms. The van der Waals surface area contributed by atoms with Crippen LogP contribution in [0.5, 0.6) is 0 Å². The Bertz CT molecular complexity index is 187. The van der Waals surface area contributed by atoms with Crippen LogP contribution >= 0.6 is 12.6 Å². The maximum atomic E-state index is 10.6. The van der Waals surface area contributed by atoms with Crippen molar-refractivity contribution in [2.45, 2.75) is 6.42 Å². The number of carbonyl (C=O) groups is 2. The molecule has 0 aromatic carbocycles. The molecule has 5 heteroatoms. The van der Waals surface area contributed by atoms with Gasteiger partial charge in [0.15, 0.2) is 0 Å². The second-order valence-corrected chi connectivity index (χ2v) is 2.12. The van der Waals surface area contributed by atoms with Gasteiger partial charge in [-0.25, -0.2) is 4.79 Å². The van der Waals surface area contributed by atoms with E-state index in [1.807, 2.05) is 0 Å². The average molecular weight is 176 g/mol. The van der Waals surface area contributed by atoms with E-state index in [4.69, 9.17) is 5.11 Å². The molecular weight excluding hydrogens is 168 g/mol. The van der Waals surface area contributed by atoms with E-state index >= 15 is 0 Å². The molecule has 4 nitrogen and oxygen atoms in total. The van der Waals surface area contributed by atoms with Crippen LogP contribution in [0, 0.1) is 0 Å². The Hall–Kier alpha value is -0.970. The fraction of sp³-hybridized carbons (Fsp3) is 0.333. The van der Waals surface area contributed by atoms with E-state index in [0.29, 0.717) is 5.75 Å². The van der Waals surface area contributed by atoms with Crippen molar-refractivity contribution in [1.82, 2.24) is 0 Å². The molecular formula is C6H8O4S.